The normalized spacial score (nSPS) is 12.6. The van der Waals surface area contributed by atoms with E-state index in [0.717, 1.165) is 33.2 Å². The van der Waals surface area contributed by atoms with Crippen molar-refractivity contribution in [3.8, 4) is 0 Å². The molecule has 3 rings (SSSR count). The van der Waals surface area contributed by atoms with Gasteiger partial charge in [-0.3, -0.25) is 4.98 Å². The lowest BCUT2D eigenvalue weighted by Gasteiger charge is -2.17. The second kappa shape index (κ2) is 5.47. The van der Waals surface area contributed by atoms with Gasteiger partial charge < -0.3 is 5.11 Å². The van der Waals surface area contributed by atoms with Crippen LogP contribution in [0.4, 0.5) is 0 Å². The summed E-state index contributed by atoms with van der Waals surface area (Å²) in [4.78, 5) is 4.40. The molecule has 0 aliphatic carbocycles. The van der Waals surface area contributed by atoms with Gasteiger partial charge in [0.1, 0.15) is 6.10 Å². The van der Waals surface area contributed by atoms with E-state index in [9.17, 15) is 5.11 Å². The van der Waals surface area contributed by atoms with Crippen molar-refractivity contribution >= 4 is 22.5 Å². The molecule has 1 heterocycles. The number of fused-ring (bicyclic) bond motifs is 1. The first-order valence-corrected chi connectivity index (χ1v) is 7.24. The van der Waals surface area contributed by atoms with Crippen molar-refractivity contribution in [1.29, 1.82) is 0 Å². The van der Waals surface area contributed by atoms with Crippen LogP contribution in [-0.2, 0) is 0 Å². The van der Waals surface area contributed by atoms with Crippen LogP contribution in [0, 0.1) is 13.8 Å². The van der Waals surface area contributed by atoms with Crippen LogP contribution < -0.4 is 0 Å². The lowest BCUT2D eigenvalue weighted by Crippen LogP contribution is -2.04. The number of pyridine rings is 1. The Morgan fingerprint density at radius 2 is 1.86 bits per heavy atom. The van der Waals surface area contributed by atoms with Gasteiger partial charge in [-0.1, -0.05) is 41.4 Å². The Hall–Kier alpha value is -1.90. The molecule has 1 unspecified atom stereocenters. The SMILES string of the molecule is Cc1ccc(C)c(C(O)c2ccc(Cl)c3cccnc23)c1. The zero-order valence-corrected chi connectivity index (χ0v) is 12.7. The largest absolute Gasteiger partial charge is 0.384 e. The van der Waals surface area contributed by atoms with E-state index in [-0.39, 0.29) is 0 Å². The number of hydrogen-bond acceptors (Lipinski definition) is 2. The molecule has 0 amide bonds. The molecule has 1 aromatic heterocycles. The second-order valence-corrected chi connectivity index (χ2v) is 5.71. The van der Waals surface area contributed by atoms with E-state index in [4.69, 9.17) is 11.6 Å². The highest BCUT2D eigenvalue weighted by Crippen LogP contribution is 2.32. The smallest absolute Gasteiger partial charge is 0.106 e. The van der Waals surface area contributed by atoms with E-state index < -0.39 is 6.10 Å². The van der Waals surface area contributed by atoms with Crippen molar-refractivity contribution < 1.29 is 5.11 Å². The van der Waals surface area contributed by atoms with Crippen molar-refractivity contribution in [2.45, 2.75) is 20.0 Å². The molecule has 0 aliphatic heterocycles. The highest BCUT2D eigenvalue weighted by atomic mass is 35.5. The van der Waals surface area contributed by atoms with Gasteiger partial charge in [0.25, 0.3) is 0 Å². The second-order valence-electron chi connectivity index (χ2n) is 5.30. The van der Waals surface area contributed by atoms with Crippen LogP contribution >= 0.6 is 11.6 Å². The highest BCUT2D eigenvalue weighted by molar-refractivity contribution is 6.35. The lowest BCUT2D eigenvalue weighted by atomic mass is 9.94. The zero-order chi connectivity index (χ0) is 15.0. The topological polar surface area (TPSA) is 33.1 Å². The minimum Gasteiger partial charge on any atom is -0.384 e. The van der Waals surface area contributed by atoms with E-state index in [2.05, 4.69) is 4.98 Å². The highest BCUT2D eigenvalue weighted by Gasteiger charge is 2.17. The molecule has 3 heteroatoms. The summed E-state index contributed by atoms with van der Waals surface area (Å²) in [5.74, 6) is 0. The first-order valence-electron chi connectivity index (χ1n) is 6.86. The standard InChI is InChI=1S/C18H16ClNO/c1-11-5-6-12(2)15(10-11)18(21)14-7-8-16(19)13-4-3-9-20-17(13)14/h3-10,18,21H,1-2H3. The fourth-order valence-electron chi connectivity index (χ4n) is 2.60. The molecule has 106 valence electrons. The van der Waals surface area contributed by atoms with Gasteiger partial charge in [0.05, 0.1) is 5.52 Å². The predicted molar refractivity (Wildman–Crippen MR) is 86.7 cm³/mol. The number of aliphatic hydroxyl groups is 1. The van der Waals surface area contributed by atoms with E-state index >= 15 is 0 Å². The first-order chi connectivity index (χ1) is 10.1. The number of nitrogens with zero attached hydrogens (tertiary/aromatic N) is 1. The Labute approximate surface area is 129 Å². The molecule has 1 N–H and O–H groups in total. The maximum atomic E-state index is 10.8. The molecule has 0 radical (unpaired) electrons. The van der Waals surface area contributed by atoms with Crippen LogP contribution in [0.2, 0.25) is 5.02 Å². The Balaban J connectivity index is 2.20. The molecule has 0 fully saturated rings. The Morgan fingerprint density at radius 1 is 1.05 bits per heavy atom. The predicted octanol–water partition coefficient (Wildman–Crippen LogP) is 4.59. The fourth-order valence-corrected chi connectivity index (χ4v) is 2.82. The third-order valence-corrected chi connectivity index (χ3v) is 4.10. The maximum Gasteiger partial charge on any atom is 0.106 e. The molecular formula is C18H16ClNO. The average Bonchev–Trinajstić information content (AvgIpc) is 2.50. The monoisotopic (exact) mass is 297 g/mol. The zero-order valence-electron chi connectivity index (χ0n) is 12.0. The lowest BCUT2D eigenvalue weighted by molar-refractivity contribution is 0.221. The Bertz CT molecular complexity index is 813. The third kappa shape index (κ3) is 2.53. The van der Waals surface area contributed by atoms with Gasteiger partial charge in [-0.2, -0.15) is 0 Å². The van der Waals surface area contributed by atoms with Crippen molar-refractivity contribution in [2.75, 3.05) is 0 Å². The van der Waals surface area contributed by atoms with Gasteiger partial charge in [0.2, 0.25) is 0 Å². The van der Waals surface area contributed by atoms with Crippen molar-refractivity contribution in [1.82, 2.24) is 4.98 Å². The molecule has 1 atom stereocenters. The van der Waals surface area contributed by atoms with Gasteiger partial charge in [0, 0.05) is 22.2 Å². The van der Waals surface area contributed by atoms with Crippen LogP contribution in [0.15, 0.2) is 48.7 Å². The van der Waals surface area contributed by atoms with Crippen LogP contribution in [-0.4, -0.2) is 10.1 Å². The number of hydrogen-bond donors (Lipinski definition) is 1. The number of benzene rings is 2. The number of aliphatic hydroxyl groups excluding tert-OH is 1. The quantitative estimate of drug-likeness (QED) is 0.750. The Kier molecular flexibility index (Phi) is 3.66. The van der Waals surface area contributed by atoms with Crippen molar-refractivity contribution in [3.05, 3.63) is 75.9 Å². The molecular weight excluding hydrogens is 282 g/mol. The number of aromatic nitrogens is 1. The van der Waals surface area contributed by atoms with Crippen LogP contribution in [0.25, 0.3) is 10.9 Å². The summed E-state index contributed by atoms with van der Waals surface area (Å²) in [5.41, 5.74) is 4.62. The summed E-state index contributed by atoms with van der Waals surface area (Å²) in [7, 11) is 0. The molecule has 0 aliphatic rings. The summed E-state index contributed by atoms with van der Waals surface area (Å²) in [6, 6.07) is 13.5. The molecule has 2 aromatic carbocycles. The van der Waals surface area contributed by atoms with E-state index in [0.29, 0.717) is 5.02 Å². The fraction of sp³-hybridized carbons (Fsp3) is 0.167. The van der Waals surface area contributed by atoms with Gasteiger partial charge in [0.15, 0.2) is 0 Å². The van der Waals surface area contributed by atoms with Crippen LogP contribution in [0.1, 0.15) is 28.4 Å². The van der Waals surface area contributed by atoms with Gasteiger partial charge >= 0.3 is 0 Å². The minimum atomic E-state index is -0.709. The van der Waals surface area contributed by atoms with Gasteiger partial charge in [-0.25, -0.2) is 0 Å². The summed E-state index contributed by atoms with van der Waals surface area (Å²) >= 11 is 6.21. The van der Waals surface area contributed by atoms with Crippen molar-refractivity contribution in [3.63, 3.8) is 0 Å². The minimum absolute atomic E-state index is 0.648. The Morgan fingerprint density at radius 3 is 2.67 bits per heavy atom. The van der Waals surface area contributed by atoms with Gasteiger partial charge in [-0.15, -0.1) is 0 Å². The van der Waals surface area contributed by atoms with E-state index in [1.54, 1.807) is 6.20 Å². The molecule has 0 spiro atoms. The van der Waals surface area contributed by atoms with Gasteiger partial charge in [-0.05, 0) is 43.2 Å². The summed E-state index contributed by atoms with van der Waals surface area (Å²) in [6.45, 7) is 4.03. The average molecular weight is 298 g/mol. The van der Waals surface area contributed by atoms with E-state index in [1.165, 1.54) is 0 Å². The summed E-state index contributed by atoms with van der Waals surface area (Å²) in [6.07, 6.45) is 1.01. The molecule has 0 bridgehead atoms. The number of halogens is 1. The van der Waals surface area contributed by atoms with Crippen LogP contribution in [0.5, 0.6) is 0 Å². The van der Waals surface area contributed by atoms with E-state index in [1.807, 2.05) is 56.3 Å². The molecule has 0 saturated heterocycles. The molecule has 21 heavy (non-hydrogen) atoms. The molecule has 3 aromatic rings. The maximum absolute atomic E-state index is 10.8. The molecule has 2 nitrogen and oxygen atoms in total. The number of aryl methyl sites for hydroxylation is 2. The summed E-state index contributed by atoms with van der Waals surface area (Å²) < 4.78 is 0. The molecule has 0 saturated carbocycles. The third-order valence-electron chi connectivity index (χ3n) is 3.77. The first kappa shape index (κ1) is 14.1. The van der Waals surface area contributed by atoms with Crippen LogP contribution in [0.3, 0.4) is 0 Å². The number of rotatable bonds is 2. The summed E-state index contributed by atoms with van der Waals surface area (Å²) in [5, 5.41) is 12.3. The van der Waals surface area contributed by atoms with Crippen molar-refractivity contribution in [2.24, 2.45) is 0 Å².